The third-order valence-electron chi connectivity index (χ3n) is 6.27. The van der Waals surface area contributed by atoms with Crippen LogP contribution in [0.3, 0.4) is 0 Å². The summed E-state index contributed by atoms with van der Waals surface area (Å²) in [6.07, 6.45) is 5.28. The van der Waals surface area contributed by atoms with Crippen LogP contribution < -0.4 is 5.32 Å². The third-order valence-corrected chi connectivity index (χ3v) is 6.27. The van der Waals surface area contributed by atoms with Gasteiger partial charge in [0.15, 0.2) is 17.7 Å². The SMILES string of the molecule is CO[C@@H](C(=O)N1CCC(c2cn3cccc3c(Nc3cc(C)[nH]n3)n2)CC1)c1ccccc1. The average molecular weight is 445 g/mol. The smallest absolute Gasteiger partial charge is 0.256 e. The standard InChI is InChI=1S/C25H28N6O2/c1-17-15-22(29-28-17)27-24-21-9-6-12-31(21)16-20(26-24)18-10-13-30(14-11-18)25(32)23(33-2)19-7-4-3-5-8-19/h3-9,12,15-16,18,23H,10-11,13-14H2,1-2H3,(H2,26,27,28,29)/t23-/m1/s1. The molecule has 0 spiro atoms. The number of carbonyl (C=O) groups excluding carboxylic acids is 1. The summed E-state index contributed by atoms with van der Waals surface area (Å²) in [5.41, 5.74) is 3.89. The van der Waals surface area contributed by atoms with E-state index in [1.807, 2.05) is 66.6 Å². The third kappa shape index (κ3) is 4.34. The number of nitrogens with zero attached hydrogens (tertiary/aromatic N) is 4. The topological polar surface area (TPSA) is 87.5 Å². The lowest BCUT2D eigenvalue weighted by Crippen LogP contribution is -2.41. The van der Waals surface area contributed by atoms with Crippen LogP contribution >= 0.6 is 0 Å². The molecule has 2 N–H and O–H groups in total. The number of anilines is 2. The molecule has 0 unspecified atom stereocenters. The second kappa shape index (κ2) is 9.07. The number of amides is 1. The van der Waals surface area contributed by atoms with E-state index in [4.69, 9.17) is 9.72 Å². The molecule has 33 heavy (non-hydrogen) atoms. The van der Waals surface area contributed by atoms with Crippen molar-refractivity contribution >= 4 is 23.1 Å². The molecule has 0 aliphatic carbocycles. The Morgan fingerprint density at radius 3 is 2.67 bits per heavy atom. The van der Waals surface area contributed by atoms with Crippen LogP contribution in [0.5, 0.6) is 0 Å². The highest BCUT2D eigenvalue weighted by Gasteiger charge is 2.30. The Kier molecular flexibility index (Phi) is 5.83. The van der Waals surface area contributed by atoms with Crippen molar-refractivity contribution in [2.75, 3.05) is 25.5 Å². The number of hydrogen-bond acceptors (Lipinski definition) is 5. The molecule has 4 aromatic rings. The number of methoxy groups -OCH3 is 1. The predicted octanol–water partition coefficient (Wildman–Crippen LogP) is 4.20. The molecule has 8 nitrogen and oxygen atoms in total. The molecule has 1 aliphatic rings. The first kappa shape index (κ1) is 21.2. The summed E-state index contributed by atoms with van der Waals surface area (Å²) in [5, 5.41) is 10.6. The molecule has 5 rings (SSSR count). The minimum absolute atomic E-state index is 0.0206. The summed E-state index contributed by atoms with van der Waals surface area (Å²) in [6.45, 7) is 3.34. The zero-order valence-electron chi connectivity index (χ0n) is 18.9. The summed E-state index contributed by atoms with van der Waals surface area (Å²) in [5.74, 6) is 1.82. The van der Waals surface area contributed by atoms with Crippen molar-refractivity contribution in [1.82, 2.24) is 24.5 Å². The highest BCUT2D eigenvalue weighted by atomic mass is 16.5. The number of hydrogen-bond donors (Lipinski definition) is 2. The van der Waals surface area contributed by atoms with Crippen LogP contribution in [0.1, 0.15) is 41.8 Å². The van der Waals surface area contributed by atoms with Crippen LogP contribution in [0.25, 0.3) is 5.52 Å². The molecule has 1 aliphatic heterocycles. The molecule has 1 atom stereocenters. The molecule has 8 heteroatoms. The van der Waals surface area contributed by atoms with Gasteiger partial charge in [-0.15, -0.1) is 0 Å². The predicted molar refractivity (Wildman–Crippen MR) is 127 cm³/mol. The number of aromatic nitrogens is 4. The number of fused-ring (bicyclic) bond motifs is 1. The van der Waals surface area contributed by atoms with Gasteiger partial charge in [0.2, 0.25) is 0 Å². The highest BCUT2D eigenvalue weighted by molar-refractivity contribution is 5.82. The van der Waals surface area contributed by atoms with E-state index in [0.717, 1.165) is 46.9 Å². The van der Waals surface area contributed by atoms with Crippen molar-refractivity contribution in [1.29, 1.82) is 0 Å². The quantitative estimate of drug-likeness (QED) is 0.465. The summed E-state index contributed by atoms with van der Waals surface area (Å²) >= 11 is 0. The minimum atomic E-state index is -0.565. The zero-order valence-corrected chi connectivity index (χ0v) is 18.9. The van der Waals surface area contributed by atoms with Crippen molar-refractivity contribution in [3.8, 4) is 0 Å². The van der Waals surface area contributed by atoms with E-state index in [-0.39, 0.29) is 11.8 Å². The minimum Gasteiger partial charge on any atom is -0.367 e. The Balaban J connectivity index is 1.31. The Bertz CT molecular complexity index is 1240. The van der Waals surface area contributed by atoms with Gasteiger partial charge in [0, 0.05) is 50.3 Å². The molecule has 0 saturated carbocycles. The van der Waals surface area contributed by atoms with Crippen LogP contribution in [0.15, 0.2) is 60.9 Å². The van der Waals surface area contributed by atoms with E-state index >= 15 is 0 Å². The number of H-pyrrole nitrogens is 1. The summed E-state index contributed by atoms with van der Waals surface area (Å²) in [4.78, 5) is 20.0. The highest BCUT2D eigenvalue weighted by Crippen LogP contribution is 2.31. The van der Waals surface area contributed by atoms with E-state index in [0.29, 0.717) is 13.1 Å². The number of ether oxygens (including phenoxy) is 1. The number of rotatable bonds is 6. The average Bonchev–Trinajstić information content (AvgIpc) is 3.49. The molecule has 3 aromatic heterocycles. The first-order valence-corrected chi connectivity index (χ1v) is 11.3. The molecule has 170 valence electrons. The Morgan fingerprint density at radius 1 is 1.18 bits per heavy atom. The van der Waals surface area contributed by atoms with Crippen LogP contribution in [-0.4, -0.2) is 50.6 Å². The van der Waals surface area contributed by atoms with Gasteiger partial charge in [0.1, 0.15) is 0 Å². The van der Waals surface area contributed by atoms with Gasteiger partial charge in [-0.1, -0.05) is 30.3 Å². The van der Waals surface area contributed by atoms with Crippen LogP contribution in [0.4, 0.5) is 11.6 Å². The number of aryl methyl sites for hydroxylation is 1. The van der Waals surface area contributed by atoms with E-state index in [1.54, 1.807) is 7.11 Å². The number of benzene rings is 1. The fourth-order valence-corrected chi connectivity index (χ4v) is 4.53. The second-order valence-corrected chi connectivity index (χ2v) is 8.50. The Morgan fingerprint density at radius 2 is 1.97 bits per heavy atom. The first-order chi connectivity index (χ1) is 16.1. The molecule has 1 aromatic carbocycles. The van der Waals surface area contributed by atoms with Gasteiger partial charge >= 0.3 is 0 Å². The van der Waals surface area contributed by atoms with Crippen LogP contribution in [-0.2, 0) is 9.53 Å². The summed E-state index contributed by atoms with van der Waals surface area (Å²) < 4.78 is 7.65. The lowest BCUT2D eigenvalue weighted by molar-refractivity contribution is -0.143. The molecule has 1 saturated heterocycles. The van der Waals surface area contributed by atoms with Crippen molar-refractivity contribution in [3.05, 3.63) is 77.9 Å². The van der Waals surface area contributed by atoms with Crippen molar-refractivity contribution < 1.29 is 9.53 Å². The summed E-state index contributed by atoms with van der Waals surface area (Å²) in [6, 6.07) is 15.7. The van der Waals surface area contributed by atoms with Crippen LogP contribution in [0.2, 0.25) is 0 Å². The normalized spacial score (nSPS) is 15.6. The lowest BCUT2D eigenvalue weighted by Gasteiger charge is -2.34. The van der Waals surface area contributed by atoms with E-state index in [9.17, 15) is 4.79 Å². The van der Waals surface area contributed by atoms with Gasteiger partial charge in [-0.25, -0.2) is 4.98 Å². The number of carbonyl (C=O) groups is 1. The fourth-order valence-electron chi connectivity index (χ4n) is 4.53. The van der Waals surface area contributed by atoms with Crippen LogP contribution in [0, 0.1) is 6.92 Å². The van der Waals surface area contributed by atoms with Crippen molar-refractivity contribution in [2.45, 2.75) is 31.8 Å². The maximum atomic E-state index is 13.1. The molecule has 0 radical (unpaired) electrons. The van der Waals surface area contributed by atoms with Gasteiger partial charge in [-0.3, -0.25) is 9.89 Å². The van der Waals surface area contributed by atoms with E-state index in [1.165, 1.54) is 0 Å². The van der Waals surface area contributed by atoms with Gasteiger partial charge in [0.05, 0.1) is 11.2 Å². The second-order valence-electron chi connectivity index (χ2n) is 8.50. The zero-order chi connectivity index (χ0) is 22.8. The van der Waals surface area contributed by atoms with Gasteiger partial charge in [-0.05, 0) is 37.5 Å². The molecule has 1 fully saturated rings. The van der Waals surface area contributed by atoms with Gasteiger partial charge in [0.25, 0.3) is 5.91 Å². The Labute approximate surface area is 192 Å². The lowest BCUT2D eigenvalue weighted by atomic mass is 9.93. The maximum absolute atomic E-state index is 13.1. The molecular weight excluding hydrogens is 416 g/mol. The van der Waals surface area contributed by atoms with Crippen molar-refractivity contribution in [2.24, 2.45) is 0 Å². The molecule has 0 bridgehead atoms. The van der Waals surface area contributed by atoms with E-state index in [2.05, 4.69) is 26.1 Å². The van der Waals surface area contributed by atoms with Gasteiger partial charge < -0.3 is 19.4 Å². The number of aromatic amines is 1. The summed E-state index contributed by atoms with van der Waals surface area (Å²) in [7, 11) is 1.59. The number of likely N-dealkylation sites (tertiary alicyclic amines) is 1. The molecular formula is C25H28N6O2. The Hall–Kier alpha value is -3.65. The van der Waals surface area contributed by atoms with Gasteiger partial charge in [-0.2, -0.15) is 5.10 Å². The van der Waals surface area contributed by atoms with E-state index < -0.39 is 6.10 Å². The monoisotopic (exact) mass is 444 g/mol. The molecule has 4 heterocycles. The maximum Gasteiger partial charge on any atom is 0.256 e. The number of nitrogens with one attached hydrogen (secondary N) is 2. The fraction of sp³-hybridized carbons (Fsp3) is 0.320. The molecule has 1 amide bonds. The first-order valence-electron chi connectivity index (χ1n) is 11.3. The largest absolute Gasteiger partial charge is 0.367 e. The van der Waals surface area contributed by atoms with Crippen molar-refractivity contribution in [3.63, 3.8) is 0 Å². The number of piperidine rings is 1.